The highest BCUT2D eigenvalue weighted by Gasteiger charge is 2.51. The van der Waals surface area contributed by atoms with Crippen molar-refractivity contribution in [2.24, 2.45) is 0 Å². The fourth-order valence-corrected chi connectivity index (χ4v) is 3.52. The minimum Gasteiger partial charge on any atom is -0.463 e. The van der Waals surface area contributed by atoms with Crippen LogP contribution in [0.4, 0.5) is 5.95 Å². The Balaban J connectivity index is 2.02. The molecule has 2 N–H and O–H groups in total. The molecule has 1 amide bonds. The molecule has 0 radical (unpaired) electrons. The van der Waals surface area contributed by atoms with Crippen LogP contribution >= 0.6 is 0 Å². The average Bonchev–Trinajstić information content (AvgIpc) is 3.32. The van der Waals surface area contributed by atoms with Crippen molar-refractivity contribution >= 4 is 40.9 Å². The molecule has 0 aromatic carbocycles. The molecule has 4 atom stereocenters. The molecule has 0 aliphatic carbocycles. The van der Waals surface area contributed by atoms with Crippen LogP contribution in [0.5, 0.6) is 0 Å². The van der Waals surface area contributed by atoms with Crippen molar-refractivity contribution in [2.75, 3.05) is 11.9 Å². The maximum Gasteiger partial charge on any atom is 0.303 e. The van der Waals surface area contributed by atoms with Gasteiger partial charge in [0.2, 0.25) is 11.9 Å². The SMILES string of the molecule is C=CCCC(=O)Nc1nc2c(ncn2[C@@H]2O[C@H](COC(C)=O)[C@@H](OC(C)=O)[C@H]2OC(C)=O)c(=O)[nH]1. The van der Waals surface area contributed by atoms with E-state index in [1.54, 1.807) is 6.08 Å². The number of hydrogen-bond donors (Lipinski definition) is 2. The van der Waals surface area contributed by atoms with Gasteiger partial charge in [-0.3, -0.25) is 38.8 Å². The molecular formula is C21H25N5O9. The molecule has 1 aliphatic heterocycles. The van der Waals surface area contributed by atoms with Crippen LogP contribution in [-0.2, 0) is 38.1 Å². The summed E-state index contributed by atoms with van der Waals surface area (Å²) in [4.78, 5) is 70.3. The van der Waals surface area contributed by atoms with Crippen LogP contribution in [0.25, 0.3) is 11.2 Å². The Labute approximate surface area is 198 Å². The lowest BCUT2D eigenvalue weighted by Crippen LogP contribution is -2.40. The molecule has 3 rings (SSSR count). The maximum atomic E-state index is 12.5. The van der Waals surface area contributed by atoms with E-state index >= 15 is 0 Å². The van der Waals surface area contributed by atoms with Crippen LogP contribution in [0.3, 0.4) is 0 Å². The van der Waals surface area contributed by atoms with Crippen LogP contribution in [0.2, 0.25) is 0 Å². The Kier molecular flexibility index (Phi) is 7.96. The number of ether oxygens (including phenoxy) is 4. The van der Waals surface area contributed by atoms with Crippen LogP contribution in [0.1, 0.15) is 39.8 Å². The minimum absolute atomic E-state index is 0.00429. The fourth-order valence-electron chi connectivity index (χ4n) is 3.52. The number of carbonyl (C=O) groups is 4. The van der Waals surface area contributed by atoms with Gasteiger partial charge in [0.05, 0.1) is 6.33 Å². The number of nitrogens with one attached hydrogen (secondary N) is 2. The van der Waals surface area contributed by atoms with E-state index in [9.17, 15) is 24.0 Å². The molecule has 0 spiro atoms. The Hall–Kier alpha value is -4.07. The van der Waals surface area contributed by atoms with Crippen molar-refractivity contribution in [1.82, 2.24) is 19.5 Å². The maximum absolute atomic E-state index is 12.5. The van der Waals surface area contributed by atoms with Gasteiger partial charge in [0.15, 0.2) is 29.6 Å². The molecule has 1 fully saturated rings. The number of amides is 1. The molecule has 35 heavy (non-hydrogen) atoms. The molecular weight excluding hydrogens is 466 g/mol. The van der Waals surface area contributed by atoms with Crippen LogP contribution in [0.15, 0.2) is 23.8 Å². The summed E-state index contributed by atoms with van der Waals surface area (Å²) in [6.07, 6.45) is -1.13. The average molecular weight is 491 g/mol. The number of H-pyrrole nitrogens is 1. The summed E-state index contributed by atoms with van der Waals surface area (Å²) < 4.78 is 23.0. The van der Waals surface area contributed by atoms with Gasteiger partial charge in [-0.2, -0.15) is 4.98 Å². The largest absolute Gasteiger partial charge is 0.463 e. The van der Waals surface area contributed by atoms with E-state index in [2.05, 4.69) is 26.8 Å². The third-order valence-corrected chi connectivity index (χ3v) is 4.88. The number of allylic oxidation sites excluding steroid dienone is 1. The highest BCUT2D eigenvalue weighted by Crippen LogP contribution is 2.35. The van der Waals surface area contributed by atoms with Crippen LogP contribution in [0, 0.1) is 0 Å². The topological polar surface area (TPSA) is 181 Å². The first-order valence-corrected chi connectivity index (χ1v) is 10.6. The predicted molar refractivity (Wildman–Crippen MR) is 118 cm³/mol. The smallest absolute Gasteiger partial charge is 0.303 e. The zero-order chi connectivity index (χ0) is 25.7. The second kappa shape index (κ2) is 10.9. The zero-order valence-corrected chi connectivity index (χ0v) is 19.3. The van der Waals surface area contributed by atoms with Gasteiger partial charge in [-0.1, -0.05) is 6.08 Å². The lowest BCUT2D eigenvalue weighted by Gasteiger charge is -2.23. The standard InChI is InChI=1S/C21H25N5O9/c1-5-6-7-14(30)23-21-24-18-15(19(31)25-21)22-9-26(18)20-17(34-12(4)29)16(33-11(3)28)13(35-20)8-32-10(2)27/h5,9,13,16-17,20H,1,6-8H2,2-4H3,(H2,23,24,25,30,31)/t13-,16-,17-,20-/m1/s1. The highest BCUT2D eigenvalue weighted by molar-refractivity contribution is 5.89. The number of anilines is 1. The molecule has 14 heteroatoms. The van der Waals surface area contributed by atoms with E-state index in [1.165, 1.54) is 17.8 Å². The van der Waals surface area contributed by atoms with Crippen LogP contribution in [-0.4, -0.2) is 68.3 Å². The normalized spacial score (nSPS) is 21.3. The highest BCUT2D eigenvalue weighted by atomic mass is 16.7. The Bertz CT molecular complexity index is 1200. The molecule has 2 aromatic rings. The quantitative estimate of drug-likeness (QED) is 0.280. The monoisotopic (exact) mass is 491 g/mol. The first kappa shape index (κ1) is 25.6. The summed E-state index contributed by atoms with van der Waals surface area (Å²) in [5.74, 6) is -2.50. The van der Waals surface area contributed by atoms with E-state index in [4.69, 9.17) is 18.9 Å². The Morgan fingerprint density at radius 3 is 2.49 bits per heavy atom. The Morgan fingerprint density at radius 2 is 1.86 bits per heavy atom. The molecule has 0 bridgehead atoms. The molecule has 0 saturated carbocycles. The molecule has 1 aliphatic rings. The second-order valence-corrected chi connectivity index (χ2v) is 7.63. The summed E-state index contributed by atoms with van der Waals surface area (Å²) in [5, 5.41) is 2.49. The van der Waals surface area contributed by atoms with Crippen molar-refractivity contribution in [1.29, 1.82) is 0 Å². The van der Waals surface area contributed by atoms with Crippen molar-refractivity contribution in [2.45, 2.75) is 58.2 Å². The van der Waals surface area contributed by atoms with Gasteiger partial charge in [0.25, 0.3) is 5.56 Å². The molecule has 14 nitrogen and oxygen atoms in total. The number of esters is 3. The number of fused-ring (bicyclic) bond motifs is 1. The van der Waals surface area contributed by atoms with Crippen molar-refractivity contribution < 1.29 is 38.1 Å². The van der Waals surface area contributed by atoms with Gasteiger partial charge in [-0.15, -0.1) is 6.58 Å². The number of aromatic nitrogens is 4. The summed E-state index contributed by atoms with van der Waals surface area (Å²) in [6, 6.07) is 0. The number of imidazole rings is 1. The van der Waals surface area contributed by atoms with Crippen molar-refractivity contribution in [3.8, 4) is 0 Å². The van der Waals surface area contributed by atoms with E-state index in [0.717, 1.165) is 13.8 Å². The van der Waals surface area contributed by atoms with Gasteiger partial charge >= 0.3 is 17.9 Å². The van der Waals surface area contributed by atoms with Gasteiger partial charge in [0, 0.05) is 27.2 Å². The zero-order valence-electron chi connectivity index (χ0n) is 19.3. The van der Waals surface area contributed by atoms with Gasteiger partial charge in [0.1, 0.15) is 12.7 Å². The first-order valence-electron chi connectivity index (χ1n) is 10.6. The summed E-state index contributed by atoms with van der Waals surface area (Å²) in [6.45, 7) is 6.77. The van der Waals surface area contributed by atoms with Gasteiger partial charge in [-0.05, 0) is 6.42 Å². The number of aromatic amines is 1. The van der Waals surface area contributed by atoms with Gasteiger partial charge < -0.3 is 18.9 Å². The minimum atomic E-state index is -1.19. The molecule has 188 valence electrons. The summed E-state index contributed by atoms with van der Waals surface area (Å²) in [7, 11) is 0. The molecule has 2 aromatic heterocycles. The fraction of sp³-hybridized carbons (Fsp3) is 0.476. The third kappa shape index (κ3) is 6.09. The van der Waals surface area contributed by atoms with E-state index in [-0.39, 0.29) is 30.1 Å². The summed E-state index contributed by atoms with van der Waals surface area (Å²) in [5.41, 5.74) is -0.709. The number of hydrogen-bond acceptors (Lipinski definition) is 11. The number of rotatable bonds is 9. The van der Waals surface area contributed by atoms with E-state index in [1.807, 2.05) is 0 Å². The summed E-state index contributed by atoms with van der Waals surface area (Å²) >= 11 is 0. The Morgan fingerprint density at radius 1 is 1.17 bits per heavy atom. The first-order chi connectivity index (χ1) is 16.6. The molecule has 1 saturated heterocycles. The van der Waals surface area contributed by atoms with Gasteiger partial charge in [-0.25, -0.2) is 4.98 Å². The third-order valence-electron chi connectivity index (χ3n) is 4.88. The lowest BCUT2D eigenvalue weighted by atomic mass is 10.1. The predicted octanol–water partition coefficient (Wildman–Crippen LogP) is 0.348. The lowest BCUT2D eigenvalue weighted by molar-refractivity contribution is -0.166. The van der Waals surface area contributed by atoms with E-state index in [0.29, 0.717) is 6.42 Å². The molecule has 3 heterocycles. The van der Waals surface area contributed by atoms with E-state index < -0.39 is 53.9 Å². The van der Waals surface area contributed by atoms with Crippen LogP contribution < -0.4 is 10.9 Å². The second-order valence-electron chi connectivity index (χ2n) is 7.63. The number of nitrogens with zero attached hydrogens (tertiary/aromatic N) is 3. The molecule has 0 unspecified atom stereocenters. The van der Waals surface area contributed by atoms with Crippen molar-refractivity contribution in [3.05, 3.63) is 29.3 Å². The van der Waals surface area contributed by atoms with Crippen molar-refractivity contribution in [3.63, 3.8) is 0 Å². The number of carbonyl (C=O) groups excluding carboxylic acids is 4.